The molecule has 0 atom stereocenters. The van der Waals surface area contributed by atoms with E-state index in [-0.39, 0.29) is 17.0 Å². The maximum Gasteiger partial charge on any atom is 0.259 e. The minimum absolute atomic E-state index is 0.00895. The summed E-state index contributed by atoms with van der Waals surface area (Å²) < 4.78 is 0. The van der Waals surface area contributed by atoms with Gasteiger partial charge in [-0.2, -0.15) is 0 Å². The molecule has 2 aliphatic carbocycles. The number of nitrogens with one attached hydrogen (secondary N) is 2. The highest BCUT2D eigenvalue weighted by Crippen LogP contribution is 2.41. The maximum absolute atomic E-state index is 12.7. The Hall–Kier alpha value is -1.83. The van der Waals surface area contributed by atoms with E-state index >= 15 is 0 Å². The molecule has 1 amide bonds. The number of aryl methyl sites for hydroxylation is 2. The van der Waals surface area contributed by atoms with Crippen LogP contribution in [0.15, 0.2) is 29.1 Å². The van der Waals surface area contributed by atoms with Crippen molar-refractivity contribution in [2.45, 2.75) is 56.2 Å². The first-order valence-electron chi connectivity index (χ1n) is 10.7. The molecule has 2 N–H and O–H groups in total. The zero-order valence-corrected chi connectivity index (χ0v) is 19.5. The van der Waals surface area contributed by atoms with E-state index in [9.17, 15) is 9.59 Å². The molecular weight excluding hydrogens is 450 g/mol. The summed E-state index contributed by atoms with van der Waals surface area (Å²) in [5, 5.41) is 4.71. The first-order valence-corrected chi connectivity index (χ1v) is 13.1. The smallest absolute Gasteiger partial charge is 0.259 e. The van der Waals surface area contributed by atoms with Gasteiger partial charge in [-0.15, -0.1) is 23.1 Å². The fourth-order valence-corrected chi connectivity index (χ4v) is 6.70. The summed E-state index contributed by atoms with van der Waals surface area (Å²) in [6, 6.07) is 7.75. The number of nitrogens with zero attached hydrogens (tertiary/aromatic N) is 1. The molecule has 2 aromatic heterocycles. The molecule has 1 aromatic carbocycles. The van der Waals surface area contributed by atoms with Gasteiger partial charge in [-0.25, -0.2) is 4.98 Å². The first kappa shape index (κ1) is 21.0. The molecule has 8 heteroatoms. The Kier molecular flexibility index (Phi) is 5.84. The summed E-state index contributed by atoms with van der Waals surface area (Å²) in [5.74, 6) is 1.49. The summed E-state index contributed by atoms with van der Waals surface area (Å²) in [6.07, 6.45) is 7.35. The standard InChI is InChI=1S/C23H24ClN3O2S2/c24-15-8-6-14(7-9-15)23(10-3-11-23)27-19(28)13-30-12-18-25-21(29)20-16-4-1-2-5-17(16)31-22(20)26-18/h6-9H,1-5,10-13H2,(H,27,28)(H,25,26,29). The second kappa shape index (κ2) is 8.60. The average molecular weight is 474 g/mol. The molecule has 31 heavy (non-hydrogen) atoms. The molecule has 0 radical (unpaired) electrons. The molecule has 0 unspecified atom stereocenters. The monoisotopic (exact) mass is 473 g/mol. The Balaban J connectivity index is 1.23. The van der Waals surface area contributed by atoms with Crippen LogP contribution in [0.4, 0.5) is 0 Å². The lowest BCUT2D eigenvalue weighted by atomic mass is 9.72. The quantitative estimate of drug-likeness (QED) is 0.531. The number of hydrogen-bond acceptors (Lipinski definition) is 5. The molecule has 162 valence electrons. The van der Waals surface area contributed by atoms with Gasteiger partial charge in [0, 0.05) is 9.90 Å². The first-order chi connectivity index (χ1) is 15.0. The Bertz CT molecular complexity index is 1180. The molecule has 3 aromatic rings. The molecule has 1 fully saturated rings. The van der Waals surface area contributed by atoms with Crippen LogP contribution < -0.4 is 10.9 Å². The molecule has 1 saturated carbocycles. The van der Waals surface area contributed by atoms with E-state index in [1.807, 2.05) is 24.3 Å². The van der Waals surface area contributed by atoms with Gasteiger partial charge in [0.1, 0.15) is 10.7 Å². The van der Waals surface area contributed by atoms with E-state index in [0.29, 0.717) is 22.4 Å². The van der Waals surface area contributed by atoms with Gasteiger partial charge < -0.3 is 10.3 Å². The van der Waals surface area contributed by atoms with E-state index in [2.05, 4.69) is 10.3 Å². The second-order valence-corrected chi connectivity index (χ2v) is 10.9. The van der Waals surface area contributed by atoms with Gasteiger partial charge in [-0.1, -0.05) is 23.7 Å². The number of aromatic nitrogens is 2. The van der Waals surface area contributed by atoms with Crippen LogP contribution in [0.3, 0.4) is 0 Å². The van der Waals surface area contributed by atoms with E-state index in [1.165, 1.54) is 28.6 Å². The topological polar surface area (TPSA) is 74.8 Å². The van der Waals surface area contributed by atoms with Gasteiger partial charge in [-0.05, 0) is 68.2 Å². The number of H-pyrrole nitrogens is 1. The molecule has 2 aliphatic rings. The van der Waals surface area contributed by atoms with Crippen LogP contribution in [-0.2, 0) is 28.9 Å². The zero-order chi connectivity index (χ0) is 21.4. The Morgan fingerprint density at radius 3 is 2.71 bits per heavy atom. The van der Waals surface area contributed by atoms with Crippen molar-refractivity contribution >= 4 is 50.8 Å². The molecule has 5 rings (SSSR count). The summed E-state index contributed by atoms with van der Waals surface area (Å²) in [4.78, 5) is 35.1. The summed E-state index contributed by atoms with van der Waals surface area (Å²) in [5.41, 5.74) is 2.00. The Labute approximate surface area is 194 Å². The summed E-state index contributed by atoms with van der Waals surface area (Å²) in [6.45, 7) is 0. The number of carbonyl (C=O) groups excluding carboxylic acids is 1. The van der Waals surface area contributed by atoms with Crippen molar-refractivity contribution < 1.29 is 4.79 Å². The number of thioether (sulfide) groups is 1. The highest BCUT2D eigenvalue weighted by atomic mass is 35.5. The SMILES string of the molecule is O=C(CSCc1nc2sc3c(c2c(=O)[nH]1)CCCC3)NC1(c2ccc(Cl)cc2)CCC1. The molecule has 2 heterocycles. The van der Waals surface area contributed by atoms with Crippen molar-refractivity contribution in [2.75, 3.05) is 5.75 Å². The van der Waals surface area contributed by atoms with Crippen LogP contribution in [0.5, 0.6) is 0 Å². The molecule has 0 saturated heterocycles. The van der Waals surface area contributed by atoms with Crippen LogP contribution in [-0.4, -0.2) is 21.6 Å². The fraction of sp³-hybridized carbons (Fsp3) is 0.435. The molecule has 0 spiro atoms. The summed E-state index contributed by atoms with van der Waals surface area (Å²) >= 11 is 9.15. The van der Waals surface area contributed by atoms with Gasteiger partial charge >= 0.3 is 0 Å². The third-order valence-corrected chi connectivity index (χ3v) is 8.71. The number of carbonyl (C=O) groups is 1. The lowest BCUT2D eigenvalue weighted by molar-refractivity contribution is -0.121. The Morgan fingerprint density at radius 1 is 1.19 bits per heavy atom. The summed E-state index contributed by atoms with van der Waals surface area (Å²) in [7, 11) is 0. The number of rotatable bonds is 6. The highest BCUT2D eigenvalue weighted by Gasteiger charge is 2.39. The number of amides is 1. The van der Waals surface area contributed by atoms with Gasteiger partial charge in [0.25, 0.3) is 5.56 Å². The lowest BCUT2D eigenvalue weighted by Crippen LogP contribution is -2.51. The number of halogens is 1. The molecule has 0 aliphatic heterocycles. The van der Waals surface area contributed by atoms with Crippen molar-refractivity contribution in [3.05, 3.63) is 61.5 Å². The highest BCUT2D eigenvalue weighted by molar-refractivity contribution is 7.99. The number of hydrogen-bond donors (Lipinski definition) is 2. The molecule has 5 nitrogen and oxygen atoms in total. The van der Waals surface area contributed by atoms with Crippen LogP contribution in [0, 0.1) is 0 Å². The van der Waals surface area contributed by atoms with Crippen molar-refractivity contribution in [3.63, 3.8) is 0 Å². The second-order valence-electron chi connectivity index (χ2n) is 8.39. The van der Waals surface area contributed by atoms with Crippen LogP contribution >= 0.6 is 34.7 Å². The van der Waals surface area contributed by atoms with Crippen LogP contribution in [0.25, 0.3) is 10.2 Å². The molecule has 0 bridgehead atoms. The van der Waals surface area contributed by atoms with Gasteiger partial charge in [0.2, 0.25) is 5.91 Å². The predicted octanol–water partition coefficient (Wildman–Crippen LogP) is 4.95. The zero-order valence-electron chi connectivity index (χ0n) is 17.1. The minimum Gasteiger partial charge on any atom is -0.346 e. The van der Waals surface area contributed by atoms with E-state index in [4.69, 9.17) is 16.6 Å². The Morgan fingerprint density at radius 2 is 1.97 bits per heavy atom. The lowest BCUT2D eigenvalue weighted by Gasteiger charge is -2.43. The fourth-order valence-electron chi connectivity index (χ4n) is 4.61. The van der Waals surface area contributed by atoms with Crippen molar-refractivity contribution in [1.29, 1.82) is 0 Å². The van der Waals surface area contributed by atoms with E-state index in [0.717, 1.165) is 54.3 Å². The van der Waals surface area contributed by atoms with Crippen molar-refractivity contribution in [3.8, 4) is 0 Å². The number of benzene rings is 1. The third-order valence-electron chi connectivity index (χ3n) is 6.33. The average Bonchev–Trinajstić information content (AvgIpc) is 3.10. The van der Waals surface area contributed by atoms with Crippen molar-refractivity contribution in [2.24, 2.45) is 0 Å². The predicted molar refractivity (Wildman–Crippen MR) is 128 cm³/mol. The molecular formula is C23H24ClN3O2S2. The van der Waals surface area contributed by atoms with E-state index < -0.39 is 0 Å². The minimum atomic E-state index is -0.274. The van der Waals surface area contributed by atoms with Gasteiger partial charge in [0.05, 0.1) is 22.4 Å². The third kappa shape index (κ3) is 4.15. The normalized spacial score (nSPS) is 17.2. The van der Waals surface area contributed by atoms with Gasteiger partial charge in [-0.3, -0.25) is 9.59 Å². The maximum atomic E-state index is 12.7. The number of thiophene rings is 1. The largest absolute Gasteiger partial charge is 0.346 e. The van der Waals surface area contributed by atoms with E-state index in [1.54, 1.807) is 11.3 Å². The van der Waals surface area contributed by atoms with Crippen LogP contribution in [0.2, 0.25) is 5.02 Å². The number of aromatic amines is 1. The van der Waals surface area contributed by atoms with Crippen molar-refractivity contribution in [1.82, 2.24) is 15.3 Å². The number of fused-ring (bicyclic) bond motifs is 3. The van der Waals surface area contributed by atoms with Gasteiger partial charge in [0.15, 0.2) is 0 Å². The van der Waals surface area contributed by atoms with Crippen LogP contribution in [0.1, 0.15) is 53.9 Å².